The third-order valence-corrected chi connectivity index (χ3v) is 2.24. The highest BCUT2D eigenvalue weighted by molar-refractivity contribution is 6.12. The van der Waals surface area contributed by atoms with Gasteiger partial charge in [-0.3, -0.25) is 14.5 Å². The lowest BCUT2D eigenvalue weighted by molar-refractivity contribution is -0.137. The summed E-state index contributed by atoms with van der Waals surface area (Å²) in [5, 5.41) is 0. The molecule has 0 saturated heterocycles. The highest BCUT2D eigenvalue weighted by Crippen LogP contribution is 2.19. The van der Waals surface area contributed by atoms with E-state index in [0.29, 0.717) is 6.54 Å². The van der Waals surface area contributed by atoms with Gasteiger partial charge in [0, 0.05) is 18.7 Å². The normalized spacial score (nSPS) is 14.1. The van der Waals surface area contributed by atoms with Crippen LogP contribution in [0.4, 0.5) is 0 Å². The quantitative estimate of drug-likeness (QED) is 0.544. The third kappa shape index (κ3) is 6.57. The van der Waals surface area contributed by atoms with Crippen LogP contribution in [-0.4, -0.2) is 23.3 Å². The summed E-state index contributed by atoms with van der Waals surface area (Å²) in [6.45, 7) is 10.4. The van der Waals surface area contributed by atoms with Crippen molar-refractivity contribution in [1.82, 2.24) is 4.90 Å². The molecule has 0 saturated carbocycles. The van der Waals surface area contributed by atoms with Crippen LogP contribution in [-0.2, 0) is 9.59 Å². The summed E-state index contributed by atoms with van der Waals surface area (Å²) in [4.78, 5) is 23.5. The van der Waals surface area contributed by atoms with Crippen molar-refractivity contribution in [1.29, 1.82) is 0 Å². The average Bonchev–Trinajstić information content (AvgIpc) is 2.55. The molecule has 0 radical (unpaired) electrons. The van der Waals surface area contributed by atoms with Gasteiger partial charge in [0.05, 0.1) is 0 Å². The molecule has 0 unspecified atom stereocenters. The maximum atomic E-state index is 11.1. The number of hydrogen-bond acceptors (Lipinski definition) is 2. The van der Waals surface area contributed by atoms with E-state index in [2.05, 4.69) is 32.6 Å². The number of nitrogens with zero attached hydrogens (tertiary/aromatic N) is 1. The van der Waals surface area contributed by atoms with Gasteiger partial charge in [-0.05, 0) is 25.7 Å². The van der Waals surface area contributed by atoms with Gasteiger partial charge in [0.1, 0.15) is 0 Å². The topological polar surface area (TPSA) is 37.4 Å². The maximum absolute atomic E-state index is 11.1. The summed E-state index contributed by atoms with van der Waals surface area (Å²) < 4.78 is 0. The Morgan fingerprint density at radius 1 is 1.06 bits per heavy atom. The Labute approximate surface area is 104 Å². The Morgan fingerprint density at radius 3 is 1.76 bits per heavy atom. The second kappa shape index (κ2) is 6.90. The molecule has 0 aromatic heterocycles. The molecule has 0 aliphatic carbocycles. The largest absolute Gasteiger partial charge is 0.275 e. The molecule has 1 aliphatic rings. The van der Waals surface area contributed by atoms with E-state index in [-0.39, 0.29) is 17.2 Å². The SMILES string of the molecule is CC#CC.CC(C)(C)CCN1C(=O)C=CC1=O. The van der Waals surface area contributed by atoms with Gasteiger partial charge in [0.15, 0.2) is 0 Å². The van der Waals surface area contributed by atoms with E-state index in [4.69, 9.17) is 0 Å². The van der Waals surface area contributed by atoms with Gasteiger partial charge in [-0.15, -0.1) is 11.8 Å². The molecule has 0 aromatic rings. The Kier molecular flexibility index (Phi) is 6.27. The minimum Gasteiger partial charge on any atom is -0.275 e. The Morgan fingerprint density at radius 2 is 1.47 bits per heavy atom. The Hall–Kier alpha value is -1.56. The van der Waals surface area contributed by atoms with Crippen LogP contribution in [0.5, 0.6) is 0 Å². The first-order chi connectivity index (χ1) is 7.81. The maximum Gasteiger partial charge on any atom is 0.253 e. The number of carbonyl (C=O) groups excluding carboxylic acids is 2. The summed E-state index contributed by atoms with van der Waals surface area (Å²) in [7, 11) is 0. The average molecular weight is 235 g/mol. The number of rotatable bonds is 2. The molecule has 0 bridgehead atoms. The lowest BCUT2D eigenvalue weighted by Gasteiger charge is -2.21. The van der Waals surface area contributed by atoms with E-state index in [0.717, 1.165) is 6.42 Å². The fraction of sp³-hybridized carbons (Fsp3) is 0.571. The minimum absolute atomic E-state index is 0.156. The number of carbonyl (C=O) groups is 2. The van der Waals surface area contributed by atoms with Crippen molar-refractivity contribution in [3.8, 4) is 11.8 Å². The van der Waals surface area contributed by atoms with Crippen molar-refractivity contribution in [2.75, 3.05) is 6.54 Å². The number of hydrogen-bond donors (Lipinski definition) is 0. The van der Waals surface area contributed by atoms with Gasteiger partial charge in [0.2, 0.25) is 0 Å². The molecule has 1 heterocycles. The fourth-order valence-electron chi connectivity index (χ4n) is 1.10. The smallest absolute Gasteiger partial charge is 0.253 e. The monoisotopic (exact) mass is 235 g/mol. The number of amides is 2. The zero-order chi connectivity index (χ0) is 13.5. The predicted octanol–water partition coefficient (Wildman–Crippen LogP) is 2.38. The molecule has 1 rings (SSSR count). The third-order valence-electron chi connectivity index (χ3n) is 2.24. The second-order valence-corrected chi connectivity index (χ2v) is 4.97. The van der Waals surface area contributed by atoms with E-state index >= 15 is 0 Å². The molecule has 17 heavy (non-hydrogen) atoms. The van der Waals surface area contributed by atoms with Gasteiger partial charge in [-0.2, -0.15) is 0 Å². The van der Waals surface area contributed by atoms with Crippen molar-refractivity contribution >= 4 is 11.8 Å². The highest BCUT2D eigenvalue weighted by Gasteiger charge is 2.24. The van der Waals surface area contributed by atoms with E-state index in [1.807, 2.05) is 13.8 Å². The van der Waals surface area contributed by atoms with Gasteiger partial charge >= 0.3 is 0 Å². The summed E-state index contributed by atoms with van der Waals surface area (Å²) in [6.07, 6.45) is 3.49. The lowest BCUT2D eigenvalue weighted by atomic mass is 9.92. The number of imide groups is 1. The van der Waals surface area contributed by atoms with Crippen LogP contribution in [0.2, 0.25) is 0 Å². The summed E-state index contributed by atoms with van der Waals surface area (Å²) in [5.41, 5.74) is 0.156. The highest BCUT2D eigenvalue weighted by atomic mass is 16.2. The van der Waals surface area contributed by atoms with Crippen LogP contribution in [0.15, 0.2) is 12.2 Å². The molecule has 94 valence electrons. The molecule has 0 N–H and O–H groups in total. The molecular formula is C14H21NO2. The van der Waals surface area contributed by atoms with Gasteiger partial charge in [-0.25, -0.2) is 0 Å². The van der Waals surface area contributed by atoms with Crippen molar-refractivity contribution in [2.45, 2.75) is 41.0 Å². The van der Waals surface area contributed by atoms with Gasteiger partial charge in [0.25, 0.3) is 11.8 Å². The van der Waals surface area contributed by atoms with Crippen molar-refractivity contribution in [2.24, 2.45) is 5.41 Å². The molecule has 0 atom stereocenters. The van der Waals surface area contributed by atoms with E-state index in [1.54, 1.807) is 0 Å². The lowest BCUT2D eigenvalue weighted by Crippen LogP contribution is -2.32. The van der Waals surface area contributed by atoms with Crippen LogP contribution < -0.4 is 0 Å². The molecule has 3 nitrogen and oxygen atoms in total. The van der Waals surface area contributed by atoms with Gasteiger partial charge in [-0.1, -0.05) is 20.8 Å². The van der Waals surface area contributed by atoms with Crippen LogP contribution in [0, 0.1) is 17.3 Å². The standard InChI is InChI=1S/C10H15NO2.C4H6/c1-10(2,3)6-7-11-8(12)4-5-9(11)13;1-3-4-2/h4-5H,6-7H2,1-3H3;1-2H3. The molecule has 0 fully saturated rings. The molecule has 0 aromatic carbocycles. The van der Waals surface area contributed by atoms with Gasteiger partial charge < -0.3 is 0 Å². The summed E-state index contributed by atoms with van der Waals surface area (Å²) in [6, 6.07) is 0. The van der Waals surface area contributed by atoms with Crippen molar-refractivity contribution in [3.05, 3.63) is 12.2 Å². The summed E-state index contributed by atoms with van der Waals surface area (Å²) in [5.74, 6) is 4.99. The second-order valence-electron chi connectivity index (χ2n) is 4.97. The molecular weight excluding hydrogens is 214 g/mol. The van der Waals surface area contributed by atoms with Crippen LogP contribution >= 0.6 is 0 Å². The first kappa shape index (κ1) is 15.4. The first-order valence-corrected chi connectivity index (χ1v) is 5.69. The Balaban J connectivity index is 0.000000557. The molecule has 0 spiro atoms. The minimum atomic E-state index is -0.186. The fourth-order valence-corrected chi connectivity index (χ4v) is 1.10. The van der Waals surface area contributed by atoms with E-state index < -0.39 is 0 Å². The van der Waals surface area contributed by atoms with Crippen molar-refractivity contribution < 1.29 is 9.59 Å². The Bertz CT molecular complexity index is 340. The van der Waals surface area contributed by atoms with Crippen LogP contribution in [0.25, 0.3) is 0 Å². The zero-order valence-electron chi connectivity index (χ0n) is 11.3. The van der Waals surface area contributed by atoms with Crippen molar-refractivity contribution in [3.63, 3.8) is 0 Å². The molecule has 3 heteroatoms. The molecule has 2 amide bonds. The van der Waals surface area contributed by atoms with Crippen LogP contribution in [0.3, 0.4) is 0 Å². The van der Waals surface area contributed by atoms with Crippen LogP contribution in [0.1, 0.15) is 41.0 Å². The molecule has 1 aliphatic heterocycles. The van der Waals surface area contributed by atoms with E-state index in [9.17, 15) is 9.59 Å². The first-order valence-electron chi connectivity index (χ1n) is 5.69. The summed E-state index contributed by atoms with van der Waals surface area (Å²) >= 11 is 0. The zero-order valence-corrected chi connectivity index (χ0v) is 11.3. The van der Waals surface area contributed by atoms with E-state index in [1.165, 1.54) is 17.1 Å². The predicted molar refractivity (Wildman–Crippen MR) is 69.1 cm³/mol.